The molecule has 21 heavy (non-hydrogen) atoms. The van der Waals surface area contributed by atoms with Gasteiger partial charge in [-0.25, -0.2) is 0 Å². The van der Waals surface area contributed by atoms with Crippen LogP contribution in [0.15, 0.2) is 22.8 Å². The molecule has 0 aliphatic carbocycles. The molecule has 0 radical (unpaired) electrons. The summed E-state index contributed by atoms with van der Waals surface area (Å²) in [7, 11) is 3.31. The molecular formula is C16H20N2O3. The largest absolute Gasteiger partial charge is 0.464 e. The molecule has 5 nitrogen and oxygen atoms in total. The second-order valence-electron chi connectivity index (χ2n) is 5.39. The summed E-state index contributed by atoms with van der Waals surface area (Å²) in [4.78, 5) is 24.8. The predicted molar refractivity (Wildman–Crippen MR) is 81.1 cm³/mol. The van der Waals surface area contributed by atoms with Crippen LogP contribution in [0.2, 0.25) is 0 Å². The lowest BCUT2D eigenvalue weighted by Gasteiger charge is -2.10. The van der Waals surface area contributed by atoms with E-state index < -0.39 is 0 Å². The average molecular weight is 288 g/mol. The number of hydrogen-bond donors (Lipinski definition) is 1. The normalized spacial score (nSPS) is 10.7. The fraction of sp³-hybridized carbons (Fsp3) is 0.375. The quantitative estimate of drug-likeness (QED) is 0.933. The molecule has 1 heterocycles. The Morgan fingerprint density at radius 2 is 1.95 bits per heavy atom. The van der Waals surface area contributed by atoms with E-state index in [1.807, 2.05) is 26.0 Å². The summed E-state index contributed by atoms with van der Waals surface area (Å²) < 4.78 is 5.57. The molecule has 2 amide bonds. The fourth-order valence-electron chi connectivity index (χ4n) is 2.09. The first-order chi connectivity index (χ1) is 9.90. The Morgan fingerprint density at radius 3 is 2.62 bits per heavy atom. The maximum Gasteiger partial charge on any atom is 0.241 e. The van der Waals surface area contributed by atoms with Crippen LogP contribution in [0.3, 0.4) is 0 Å². The van der Waals surface area contributed by atoms with Gasteiger partial charge in [0.15, 0.2) is 0 Å². The minimum absolute atomic E-state index is 0.0136. The van der Waals surface area contributed by atoms with Gasteiger partial charge < -0.3 is 14.6 Å². The van der Waals surface area contributed by atoms with Crippen molar-refractivity contribution in [2.45, 2.75) is 20.3 Å². The highest BCUT2D eigenvalue weighted by molar-refractivity contribution is 5.91. The lowest BCUT2D eigenvalue weighted by atomic mass is 10.0. The summed E-state index contributed by atoms with van der Waals surface area (Å²) in [5.41, 5.74) is 3.90. The van der Waals surface area contributed by atoms with Gasteiger partial charge in [-0.3, -0.25) is 9.59 Å². The summed E-state index contributed by atoms with van der Waals surface area (Å²) >= 11 is 0. The number of furan rings is 1. The zero-order valence-electron chi connectivity index (χ0n) is 12.8. The summed E-state index contributed by atoms with van der Waals surface area (Å²) in [6.45, 7) is 4.04. The van der Waals surface area contributed by atoms with Crippen LogP contribution in [-0.4, -0.2) is 37.4 Å². The topological polar surface area (TPSA) is 62.6 Å². The molecule has 0 aliphatic heterocycles. The number of aryl methyl sites for hydroxylation is 2. The van der Waals surface area contributed by atoms with Crippen molar-refractivity contribution in [3.05, 3.63) is 35.1 Å². The van der Waals surface area contributed by atoms with Crippen molar-refractivity contribution >= 4 is 22.8 Å². The SMILES string of the molecule is Cc1ccc2c(CC(=O)NCC(=O)N(C)C)coc2c1C. The van der Waals surface area contributed by atoms with Gasteiger partial charge in [-0.2, -0.15) is 0 Å². The predicted octanol–water partition coefficient (Wildman–Crippen LogP) is 1.80. The van der Waals surface area contributed by atoms with E-state index in [9.17, 15) is 9.59 Å². The molecule has 0 fully saturated rings. The standard InChI is InChI=1S/C16H20N2O3/c1-10-5-6-13-12(9-21-16(13)11(10)2)7-14(19)17-8-15(20)18(3)4/h5-6,9H,7-8H2,1-4H3,(H,17,19). The van der Waals surface area contributed by atoms with Crippen LogP contribution in [0.1, 0.15) is 16.7 Å². The number of nitrogens with one attached hydrogen (secondary N) is 1. The zero-order chi connectivity index (χ0) is 15.6. The van der Waals surface area contributed by atoms with Crippen molar-refractivity contribution in [2.75, 3.05) is 20.6 Å². The van der Waals surface area contributed by atoms with Gasteiger partial charge >= 0.3 is 0 Å². The van der Waals surface area contributed by atoms with Gasteiger partial charge in [-0.15, -0.1) is 0 Å². The third-order valence-corrected chi connectivity index (χ3v) is 3.63. The van der Waals surface area contributed by atoms with Crippen molar-refractivity contribution in [1.82, 2.24) is 10.2 Å². The molecule has 0 spiro atoms. The van der Waals surface area contributed by atoms with Crippen LogP contribution in [0.4, 0.5) is 0 Å². The summed E-state index contributed by atoms with van der Waals surface area (Å²) in [5, 5.41) is 3.57. The molecule has 5 heteroatoms. The Bertz CT molecular complexity index is 686. The first-order valence-corrected chi connectivity index (χ1v) is 6.83. The van der Waals surface area contributed by atoms with Crippen molar-refractivity contribution in [3.8, 4) is 0 Å². The first-order valence-electron chi connectivity index (χ1n) is 6.83. The summed E-state index contributed by atoms with van der Waals surface area (Å²) in [6.07, 6.45) is 1.82. The molecule has 0 saturated heterocycles. The average Bonchev–Trinajstić information content (AvgIpc) is 2.83. The first kappa shape index (κ1) is 15.1. The molecule has 112 valence electrons. The van der Waals surface area contributed by atoms with Gasteiger partial charge in [0.2, 0.25) is 11.8 Å². The summed E-state index contributed by atoms with van der Waals surface area (Å²) in [6, 6.07) is 3.99. The van der Waals surface area contributed by atoms with Crippen LogP contribution in [-0.2, 0) is 16.0 Å². The minimum atomic E-state index is -0.189. The maximum atomic E-state index is 11.9. The van der Waals surface area contributed by atoms with Gasteiger partial charge in [-0.05, 0) is 25.0 Å². The molecule has 2 rings (SSSR count). The van der Waals surface area contributed by atoms with Gasteiger partial charge in [0.05, 0.1) is 19.2 Å². The van der Waals surface area contributed by atoms with Gasteiger partial charge in [0.1, 0.15) is 5.58 Å². The number of rotatable bonds is 4. The lowest BCUT2D eigenvalue weighted by molar-refractivity contribution is -0.130. The Kier molecular flexibility index (Phi) is 4.31. The van der Waals surface area contributed by atoms with E-state index in [1.54, 1.807) is 20.4 Å². The number of nitrogens with zero attached hydrogens (tertiary/aromatic N) is 1. The molecule has 0 saturated carbocycles. The van der Waals surface area contributed by atoms with Crippen molar-refractivity contribution in [2.24, 2.45) is 0 Å². The third-order valence-electron chi connectivity index (χ3n) is 3.63. The van der Waals surface area contributed by atoms with Crippen LogP contribution < -0.4 is 5.32 Å². The molecule has 2 aromatic rings. The lowest BCUT2D eigenvalue weighted by Crippen LogP contribution is -2.36. The van der Waals surface area contributed by atoms with Gasteiger partial charge in [-0.1, -0.05) is 12.1 Å². The number of hydrogen-bond acceptors (Lipinski definition) is 3. The molecule has 1 aromatic carbocycles. The Morgan fingerprint density at radius 1 is 1.24 bits per heavy atom. The van der Waals surface area contributed by atoms with E-state index in [1.165, 1.54) is 4.90 Å². The molecular weight excluding hydrogens is 268 g/mol. The van der Waals surface area contributed by atoms with Crippen LogP contribution in [0.25, 0.3) is 11.0 Å². The van der Waals surface area contributed by atoms with E-state index in [0.29, 0.717) is 0 Å². The minimum Gasteiger partial charge on any atom is -0.464 e. The number of carbonyl (C=O) groups is 2. The molecule has 0 atom stereocenters. The molecule has 1 N–H and O–H groups in total. The van der Waals surface area contributed by atoms with E-state index in [-0.39, 0.29) is 24.8 Å². The van der Waals surface area contributed by atoms with E-state index in [0.717, 1.165) is 27.7 Å². The molecule has 0 bridgehead atoms. The maximum absolute atomic E-state index is 11.9. The number of carbonyl (C=O) groups excluding carboxylic acids is 2. The van der Waals surface area contributed by atoms with Crippen molar-refractivity contribution in [1.29, 1.82) is 0 Å². The Hall–Kier alpha value is -2.30. The zero-order valence-corrected chi connectivity index (χ0v) is 12.8. The molecule has 0 unspecified atom stereocenters. The smallest absolute Gasteiger partial charge is 0.241 e. The second kappa shape index (κ2) is 5.99. The third kappa shape index (κ3) is 3.24. The highest BCUT2D eigenvalue weighted by atomic mass is 16.3. The van der Waals surface area contributed by atoms with Crippen molar-refractivity contribution < 1.29 is 14.0 Å². The van der Waals surface area contributed by atoms with Crippen LogP contribution >= 0.6 is 0 Å². The second-order valence-corrected chi connectivity index (χ2v) is 5.39. The number of benzene rings is 1. The Balaban J connectivity index is 2.08. The molecule has 1 aromatic heterocycles. The number of amides is 2. The molecule has 0 aliphatic rings. The number of likely N-dealkylation sites (N-methyl/N-ethyl adjacent to an activating group) is 1. The van der Waals surface area contributed by atoms with E-state index in [4.69, 9.17) is 4.42 Å². The fourth-order valence-corrected chi connectivity index (χ4v) is 2.09. The van der Waals surface area contributed by atoms with Gasteiger partial charge in [0, 0.05) is 25.0 Å². The van der Waals surface area contributed by atoms with Crippen LogP contribution in [0, 0.1) is 13.8 Å². The number of fused-ring (bicyclic) bond motifs is 1. The van der Waals surface area contributed by atoms with Crippen LogP contribution in [0.5, 0.6) is 0 Å². The van der Waals surface area contributed by atoms with E-state index >= 15 is 0 Å². The highest BCUT2D eigenvalue weighted by Crippen LogP contribution is 2.26. The van der Waals surface area contributed by atoms with E-state index in [2.05, 4.69) is 5.32 Å². The summed E-state index contributed by atoms with van der Waals surface area (Å²) in [5.74, 6) is -0.321. The van der Waals surface area contributed by atoms with Gasteiger partial charge in [0.25, 0.3) is 0 Å². The Labute approximate surface area is 123 Å². The van der Waals surface area contributed by atoms with Crippen molar-refractivity contribution in [3.63, 3.8) is 0 Å². The highest BCUT2D eigenvalue weighted by Gasteiger charge is 2.13. The monoisotopic (exact) mass is 288 g/mol.